The average molecular weight is 257 g/mol. The van der Waals surface area contributed by atoms with Gasteiger partial charge in [-0.2, -0.15) is 0 Å². The lowest BCUT2D eigenvalue weighted by Gasteiger charge is -2.27. The first-order valence-corrected chi connectivity index (χ1v) is 6.37. The molecule has 0 fully saturated rings. The van der Waals surface area contributed by atoms with Gasteiger partial charge in [0, 0.05) is 12.2 Å². The summed E-state index contributed by atoms with van der Waals surface area (Å²) in [7, 11) is 1.73. The molecule has 0 radical (unpaired) electrons. The molecule has 1 rings (SSSR count). The van der Waals surface area contributed by atoms with Gasteiger partial charge in [-0.15, -0.1) is 0 Å². The van der Waals surface area contributed by atoms with Crippen molar-refractivity contribution in [2.45, 2.75) is 38.8 Å². The van der Waals surface area contributed by atoms with Crippen molar-refractivity contribution in [3.8, 4) is 0 Å². The van der Waals surface area contributed by atoms with Gasteiger partial charge in [-0.1, -0.05) is 13.3 Å². The van der Waals surface area contributed by atoms with Gasteiger partial charge < -0.3 is 10.1 Å². The van der Waals surface area contributed by atoms with E-state index < -0.39 is 11.6 Å². The molecule has 1 aromatic carbocycles. The molecule has 1 N–H and O–H groups in total. The Morgan fingerprint density at radius 1 is 1.28 bits per heavy atom. The van der Waals surface area contributed by atoms with Gasteiger partial charge in [-0.05, 0) is 38.6 Å². The number of ether oxygens (including phenoxy) is 1. The summed E-state index contributed by atoms with van der Waals surface area (Å²) in [5.41, 5.74) is 0.324. The van der Waals surface area contributed by atoms with E-state index in [9.17, 15) is 8.78 Å². The topological polar surface area (TPSA) is 21.3 Å². The van der Waals surface area contributed by atoms with Gasteiger partial charge in [0.05, 0.1) is 12.1 Å². The predicted octanol–water partition coefficient (Wildman–Crippen LogP) is 3.43. The quantitative estimate of drug-likeness (QED) is 0.808. The molecule has 0 spiro atoms. The third-order valence-electron chi connectivity index (χ3n) is 2.93. The van der Waals surface area contributed by atoms with Crippen LogP contribution < -0.4 is 5.32 Å². The normalized spacial score (nSPS) is 14.5. The van der Waals surface area contributed by atoms with Gasteiger partial charge in [0.1, 0.15) is 11.6 Å². The van der Waals surface area contributed by atoms with Crippen LogP contribution in [0.3, 0.4) is 0 Å². The van der Waals surface area contributed by atoms with Crippen LogP contribution in [-0.2, 0) is 4.74 Å². The summed E-state index contributed by atoms with van der Waals surface area (Å²) in [6.45, 7) is 4.50. The van der Waals surface area contributed by atoms with Crippen molar-refractivity contribution < 1.29 is 13.5 Å². The van der Waals surface area contributed by atoms with E-state index in [0.29, 0.717) is 12.2 Å². The molecule has 0 saturated carbocycles. The van der Waals surface area contributed by atoms with Crippen LogP contribution in [-0.4, -0.2) is 19.8 Å². The molecular weight excluding hydrogens is 236 g/mol. The lowest BCUT2D eigenvalue weighted by atomic mass is 9.97. The first-order valence-electron chi connectivity index (χ1n) is 6.37. The Bertz CT molecular complexity index is 365. The molecule has 0 amide bonds. The van der Waals surface area contributed by atoms with E-state index in [-0.39, 0.29) is 12.1 Å². The predicted molar refractivity (Wildman–Crippen MR) is 68.5 cm³/mol. The summed E-state index contributed by atoms with van der Waals surface area (Å²) in [6, 6.07) is 3.18. The number of halogens is 2. The van der Waals surface area contributed by atoms with Crippen molar-refractivity contribution in [3.05, 3.63) is 35.4 Å². The molecule has 0 heterocycles. The largest absolute Gasteiger partial charge is 0.377 e. The molecule has 2 nitrogen and oxygen atoms in total. The van der Waals surface area contributed by atoms with Crippen LogP contribution >= 0.6 is 0 Å². The van der Waals surface area contributed by atoms with E-state index in [0.717, 1.165) is 25.0 Å². The van der Waals surface area contributed by atoms with E-state index >= 15 is 0 Å². The second kappa shape index (κ2) is 7.44. The molecule has 0 aliphatic heterocycles. The zero-order chi connectivity index (χ0) is 13.5. The zero-order valence-electron chi connectivity index (χ0n) is 11.2. The molecule has 0 aliphatic carbocycles. The zero-order valence-corrected chi connectivity index (χ0v) is 11.2. The molecule has 4 heteroatoms. The van der Waals surface area contributed by atoms with E-state index in [4.69, 9.17) is 4.74 Å². The molecular formula is C14H21F2NO. The van der Waals surface area contributed by atoms with Gasteiger partial charge in [-0.3, -0.25) is 0 Å². The molecule has 1 aromatic rings. The van der Waals surface area contributed by atoms with Crippen molar-refractivity contribution >= 4 is 0 Å². The highest BCUT2D eigenvalue weighted by Gasteiger charge is 2.24. The average Bonchev–Trinajstić information content (AvgIpc) is 2.35. The summed E-state index contributed by atoms with van der Waals surface area (Å²) < 4.78 is 32.7. The molecule has 2 unspecified atom stereocenters. The van der Waals surface area contributed by atoms with Crippen molar-refractivity contribution in [2.75, 3.05) is 13.7 Å². The van der Waals surface area contributed by atoms with Crippen LogP contribution in [0.5, 0.6) is 0 Å². The summed E-state index contributed by atoms with van der Waals surface area (Å²) in [6.07, 6.45) is 1.58. The monoisotopic (exact) mass is 257 g/mol. The highest BCUT2D eigenvalue weighted by atomic mass is 19.1. The van der Waals surface area contributed by atoms with Crippen molar-refractivity contribution in [3.63, 3.8) is 0 Å². The van der Waals surface area contributed by atoms with Gasteiger partial charge in [0.25, 0.3) is 0 Å². The Kier molecular flexibility index (Phi) is 6.22. The fraction of sp³-hybridized carbons (Fsp3) is 0.571. The van der Waals surface area contributed by atoms with Gasteiger partial charge in [0.2, 0.25) is 0 Å². The maximum atomic E-state index is 13.8. The highest BCUT2D eigenvalue weighted by Crippen LogP contribution is 2.25. The van der Waals surface area contributed by atoms with E-state index in [1.165, 1.54) is 6.07 Å². The van der Waals surface area contributed by atoms with Crippen LogP contribution in [0, 0.1) is 11.6 Å². The van der Waals surface area contributed by atoms with Crippen molar-refractivity contribution in [1.29, 1.82) is 0 Å². The first kappa shape index (κ1) is 15.1. The van der Waals surface area contributed by atoms with Crippen molar-refractivity contribution in [1.82, 2.24) is 5.32 Å². The van der Waals surface area contributed by atoms with Gasteiger partial charge in [-0.25, -0.2) is 8.78 Å². The number of benzene rings is 1. The lowest BCUT2D eigenvalue weighted by molar-refractivity contribution is 0.0286. The second-order valence-electron chi connectivity index (χ2n) is 4.21. The second-order valence-corrected chi connectivity index (χ2v) is 4.21. The minimum absolute atomic E-state index is 0.152. The Morgan fingerprint density at radius 3 is 2.56 bits per heavy atom. The fourth-order valence-corrected chi connectivity index (χ4v) is 2.14. The SMILES string of the molecule is CCCC(OCC)C(NC)c1cc(F)ccc1F. The Balaban J connectivity index is 3.01. The third kappa shape index (κ3) is 3.75. The summed E-state index contributed by atoms with van der Waals surface area (Å²) in [5.74, 6) is -0.838. The fourth-order valence-electron chi connectivity index (χ4n) is 2.14. The van der Waals surface area contributed by atoms with E-state index in [2.05, 4.69) is 5.32 Å². The molecule has 2 atom stereocenters. The minimum atomic E-state index is -0.432. The van der Waals surface area contributed by atoms with E-state index in [1.807, 2.05) is 13.8 Å². The Morgan fingerprint density at radius 2 is 2.00 bits per heavy atom. The van der Waals surface area contributed by atoms with E-state index in [1.54, 1.807) is 7.05 Å². The first-order chi connectivity index (χ1) is 8.63. The van der Waals surface area contributed by atoms with Gasteiger partial charge in [0.15, 0.2) is 0 Å². The molecule has 18 heavy (non-hydrogen) atoms. The molecule has 0 aromatic heterocycles. The van der Waals surface area contributed by atoms with Crippen LogP contribution in [0.25, 0.3) is 0 Å². The summed E-state index contributed by atoms with van der Waals surface area (Å²) in [4.78, 5) is 0. The van der Waals surface area contributed by atoms with Gasteiger partial charge >= 0.3 is 0 Å². The summed E-state index contributed by atoms with van der Waals surface area (Å²) >= 11 is 0. The summed E-state index contributed by atoms with van der Waals surface area (Å²) in [5, 5.41) is 3.02. The number of rotatable bonds is 7. The lowest BCUT2D eigenvalue weighted by Crippen LogP contribution is -2.32. The Hall–Kier alpha value is -1.00. The molecule has 0 aliphatic rings. The maximum Gasteiger partial charge on any atom is 0.128 e. The minimum Gasteiger partial charge on any atom is -0.377 e. The Labute approximate surface area is 107 Å². The van der Waals surface area contributed by atoms with Crippen LogP contribution in [0.1, 0.15) is 38.3 Å². The smallest absolute Gasteiger partial charge is 0.128 e. The van der Waals surface area contributed by atoms with Crippen LogP contribution in [0.4, 0.5) is 8.78 Å². The molecule has 0 bridgehead atoms. The number of hydrogen-bond acceptors (Lipinski definition) is 2. The number of likely N-dealkylation sites (N-methyl/N-ethyl adjacent to an activating group) is 1. The highest BCUT2D eigenvalue weighted by molar-refractivity contribution is 5.23. The standard InChI is InChI=1S/C14H21F2NO/c1-4-6-13(18-5-2)14(17-3)11-9-10(15)7-8-12(11)16/h7-9,13-14,17H,4-6H2,1-3H3. The van der Waals surface area contributed by atoms with Crippen LogP contribution in [0.15, 0.2) is 18.2 Å². The third-order valence-corrected chi connectivity index (χ3v) is 2.93. The number of nitrogens with one attached hydrogen (secondary N) is 1. The number of hydrogen-bond donors (Lipinski definition) is 1. The molecule has 102 valence electrons. The van der Waals surface area contributed by atoms with Crippen LogP contribution in [0.2, 0.25) is 0 Å². The maximum absolute atomic E-state index is 13.8. The molecule has 0 saturated heterocycles. The van der Waals surface area contributed by atoms with Crippen molar-refractivity contribution in [2.24, 2.45) is 0 Å².